The summed E-state index contributed by atoms with van der Waals surface area (Å²) in [5.41, 5.74) is 15.9. The molecule has 0 unspecified atom stereocenters. The highest BCUT2D eigenvalue weighted by Gasteiger charge is 2.24. The summed E-state index contributed by atoms with van der Waals surface area (Å²) < 4.78 is 13.7. The Kier molecular flexibility index (Phi) is 8.01. The van der Waals surface area contributed by atoms with Crippen LogP contribution in [-0.2, 0) is 0 Å². The van der Waals surface area contributed by atoms with Crippen molar-refractivity contribution in [2.24, 2.45) is 0 Å². The SMILES string of the molecule is N#Cc1ccc(-c2ccc(-c3ccc(-n4c5ccccc5c5c4ccc4c6ccccc6n(-c6ccccc6)c45)cc3-n3c4ccccc4c4cc5c(cc43)oc3ccccc35)c(C#N)c2)cc1. The van der Waals surface area contributed by atoms with E-state index in [1.165, 1.54) is 21.7 Å². The zero-order valence-electron chi connectivity index (χ0n) is 36.4. The number of para-hydroxylation sites is 5. The summed E-state index contributed by atoms with van der Waals surface area (Å²) in [7, 11) is 0. The topological polar surface area (TPSA) is 75.5 Å². The summed E-state index contributed by atoms with van der Waals surface area (Å²) in [6.45, 7) is 0. The maximum Gasteiger partial charge on any atom is 0.137 e. The molecule has 0 radical (unpaired) electrons. The molecule has 10 aromatic carbocycles. The highest BCUT2D eigenvalue weighted by molar-refractivity contribution is 6.26. The summed E-state index contributed by atoms with van der Waals surface area (Å²) in [6.07, 6.45) is 0. The van der Waals surface area contributed by atoms with Crippen LogP contribution in [0.3, 0.4) is 0 Å². The molecule has 68 heavy (non-hydrogen) atoms. The van der Waals surface area contributed by atoms with E-state index < -0.39 is 0 Å². The number of furan rings is 1. The van der Waals surface area contributed by atoms with Crippen LogP contribution in [0.1, 0.15) is 11.1 Å². The number of hydrogen-bond acceptors (Lipinski definition) is 3. The molecule has 0 N–H and O–H groups in total. The largest absolute Gasteiger partial charge is 0.456 e. The van der Waals surface area contributed by atoms with Gasteiger partial charge in [-0.05, 0) is 90.0 Å². The molecule has 6 nitrogen and oxygen atoms in total. The van der Waals surface area contributed by atoms with Gasteiger partial charge in [0.05, 0.1) is 62.1 Å². The van der Waals surface area contributed by atoms with Crippen LogP contribution in [0.4, 0.5) is 0 Å². The third-order valence-electron chi connectivity index (χ3n) is 13.9. The fraction of sp³-hybridized carbons (Fsp3) is 0. The summed E-state index contributed by atoms with van der Waals surface area (Å²) in [5, 5.41) is 29.6. The molecule has 14 aromatic rings. The highest BCUT2D eigenvalue weighted by atomic mass is 16.3. The molecule has 0 atom stereocenters. The number of aromatic nitrogens is 3. The second-order valence-corrected chi connectivity index (χ2v) is 17.5. The molecular weight excluding hydrogens is 831 g/mol. The van der Waals surface area contributed by atoms with E-state index in [1.54, 1.807) is 0 Å². The van der Waals surface area contributed by atoms with Gasteiger partial charge in [-0.1, -0.05) is 127 Å². The fourth-order valence-corrected chi connectivity index (χ4v) is 10.9. The minimum Gasteiger partial charge on any atom is -0.456 e. The van der Waals surface area contributed by atoms with Gasteiger partial charge in [0.2, 0.25) is 0 Å². The summed E-state index contributed by atoms with van der Waals surface area (Å²) in [4.78, 5) is 0. The number of fused-ring (bicyclic) bond motifs is 13. The van der Waals surface area contributed by atoms with Crippen molar-refractivity contribution in [3.8, 4) is 51.5 Å². The number of nitriles is 2. The van der Waals surface area contributed by atoms with E-state index >= 15 is 0 Å². The zero-order chi connectivity index (χ0) is 45.0. The van der Waals surface area contributed by atoms with E-state index in [9.17, 15) is 10.5 Å². The second-order valence-electron chi connectivity index (χ2n) is 17.5. The van der Waals surface area contributed by atoms with Crippen molar-refractivity contribution in [1.29, 1.82) is 10.5 Å². The molecular formula is C62H35N5O. The van der Waals surface area contributed by atoms with Crippen molar-refractivity contribution in [2.45, 2.75) is 0 Å². The molecule has 14 rings (SSSR count). The van der Waals surface area contributed by atoms with Gasteiger partial charge in [0, 0.05) is 71.7 Å². The first-order valence-electron chi connectivity index (χ1n) is 22.7. The van der Waals surface area contributed by atoms with Gasteiger partial charge in [0.15, 0.2) is 0 Å². The third kappa shape index (κ3) is 5.37. The first-order valence-corrected chi connectivity index (χ1v) is 22.7. The molecule has 6 heteroatoms. The average Bonchev–Trinajstić information content (AvgIpc) is 4.14. The Hall–Kier alpha value is -9.62. The Balaban J connectivity index is 1.09. The van der Waals surface area contributed by atoms with Gasteiger partial charge < -0.3 is 18.1 Å². The van der Waals surface area contributed by atoms with Gasteiger partial charge in [-0.25, -0.2) is 0 Å². The number of nitrogens with zero attached hydrogens (tertiary/aromatic N) is 5. The zero-order valence-corrected chi connectivity index (χ0v) is 36.4. The van der Waals surface area contributed by atoms with E-state index in [1.807, 2.05) is 42.5 Å². The van der Waals surface area contributed by atoms with Crippen molar-refractivity contribution >= 4 is 87.4 Å². The van der Waals surface area contributed by atoms with E-state index in [-0.39, 0.29) is 0 Å². The first-order chi connectivity index (χ1) is 33.6. The molecule has 0 saturated carbocycles. The van der Waals surface area contributed by atoms with Gasteiger partial charge in [-0.2, -0.15) is 10.5 Å². The smallest absolute Gasteiger partial charge is 0.137 e. The molecule has 0 saturated heterocycles. The third-order valence-corrected chi connectivity index (χ3v) is 13.9. The maximum atomic E-state index is 11.0. The Morgan fingerprint density at radius 3 is 1.76 bits per heavy atom. The Morgan fingerprint density at radius 2 is 1.00 bits per heavy atom. The van der Waals surface area contributed by atoms with Crippen molar-refractivity contribution in [1.82, 2.24) is 13.7 Å². The average molecular weight is 866 g/mol. The normalized spacial score (nSPS) is 11.8. The van der Waals surface area contributed by atoms with E-state index in [2.05, 4.69) is 196 Å². The quantitative estimate of drug-likeness (QED) is 0.173. The lowest BCUT2D eigenvalue weighted by Crippen LogP contribution is -2.02. The molecule has 4 aromatic heterocycles. The van der Waals surface area contributed by atoms with Gasteiger partial charge in [-0.15, -0.1) is 0 Å². The minimum absolute atomic E-state index is 0.550. The van der Waals surface area contributed by atoms with Crippen LogP contribution in [0, 0.1) is 22.7 Å². The highest BCUT2D eigenvalue weighted by Crippen LogP contribution is 2.45. The lowest BCUT2D eigenvalue weighted by Gasteiger charge is -2.18. The minimum atomic E-state index is 0.550. The van der Waals surface area contributed by atoms with Crippen molar-refractivity contribution in [2.75, 3.05) is 0 Å². The Morgan fingerprint density at radius 1 is 0.353 bits per heavy atom. The maximum absolute atomic E-state index is 11.0. The van der Waals surface area contributed by atoms with E-state index in [0.717, 1.165) is 105 Å². The van der Waals surface area contributed by atoms with Crippen LogP contribution < -0.4 is 0 Å². The van der Waals surface area contributed by atoms with Gasteiger partial charge in [-0.3, -0.25) is 0 Å². The molecule has 0 bridgehead atoms. The van der Waals surface area contributed by atoms with E-state index in [4.69, 9.17) is 4.42 Å². The van der Waals surface area contributed by atoms with Crippen molar-refractivity contribution < 1.29 is 4.42 Å². The summed E-state index contributed by atoms with van der Waals surface area (Å²) in [6, 6.07) is 78.9. The van der Waals surface area contributed by atoms with Gasteiger partial charge in [0.25, 0.3) is 0 Å². The first kappa shape index (κ1) is 37.7. The molecule has 4 heterocycles. The second kappa shape index (κ2) is 14.4. The molecule has 0 spiro atoms. The molecule has 0 amide bonds. The Bertz CT molecular complexity index is 4510. The molecule has 314 valence electrons. The van der Waals surface area contributed by atoms with Crippen molar-refractivity contribution in [3.63, 3.8) is 0 Å². The lowest BCUT2D eigenvalue weighted by atomic mass is 9.94. The predicted octanol–water partition coefficient (Wildman–Crippen LogP) is 16.0. The standard InChI is InChI=1S/C62H35N5O/c63-36-38-22-24-39(25-23-38)40-26-28-44(41(32-40)37-64)47-29-27-43(33-57(47)67-54-19-9-5-15-46(54)51-34-52-48-16-7-11-21-59(48)68-60(52)35-58(51)67)65-55-20-10-6-17-50(55)61-56(65)31-30-49-45-14-4-8-18-53(45)66(62(49)61)42-12-2-1-3-13-42/h1-35H. The molecule has 0 aliphatic heterocycles. The van der Waals surface area contributed by atoms with Crippen LogP contribution in [-0.4, -0.2) is 13.7 Å². The summed E-state index contributed by atoms with van der Waals surface area (Å²) >= 11 is 0. The fourth-order valence-electron chi connectivity index (χ4n) is 10.9. The van der Waals surface area contributed by atoms with Crippen LogP contribution in [0.25, 0.3) is 127 Å². The van der Waals surface area contributed by atoms with E-state index in [0.29, 0.717) is 11.1 Å². The lowest BCUT2D eigenvalue weighted by molar-refractivity contribution is 0.669. The van der Waals surface area contributed by atoms with Gasteiger partial charge >= 0.3 is 0 Å². The number of benzene rings is 10. The molecule has 0 fully saturated rings. The monoisotopic (exact) mass is 865 g/mol. The predicted molar refractivity (Wildman–Crippen MR) is 277 cm³/mol. The van der Waals surface area contributed by atoms with Crippen LogP contribution in [0.5, 0.6) is 0 Å². The van der Waals surface area contributed by atoms with Crippen LogP contribution in [0.2, 0.25) is 0 Å². The van der Waals surface area contributed by atoms with Crippen LogP contribution in [0.15, 0.2) is 217 Å². The Labute approximate surface area is 389 Å². The number of hydrogen-bond donors (Lipinski definition) is 0. The van der Waals surface area contributed by atoms with Gasteiger partial charge in [0.1, 0.15) is 11.2 Å². The molecule has 0 aliphatic carbocycles. The number of rotatable bonds is 5. The summed E-state index contributed by atoms with van der Waals surface area (Å²) in [5.74, 6) is 0. The van der Waals surface area contributed by atoms with Crippen LogP contribution >= 0.6 is 0 Å². The van der Waals surface area contributed by atoms with Crippen molar-refractivity contribution in [3.05, 3.63) is 223 Å². The molecule has 0 aliphatic rings.